The number of ketones is 1. The van der Waals surface area contributed by atoms with Crippen LogP contribution in [-0.4, -0.2) is 53.8 Å². The molecule has 0 aromatic rings. The van der Waals surface area contributed by atoms with Crippen LogP contribution in [0.4, 0.5) is 0 Å². The Morgan fingerprint density at radius 2 is 1.56 bits per heavy atom. The molecule has 2 rings (SSSR count). The number of hydrogen-bond donors (Lipinski definition) is 0. The Hall–Kier alpha value is -0.410. The minimum Gasteiger partial charge on any atom is -0.301 e. The molecule has 2 fully saturated rings. The van der Waals surface area contributed by atoms with Crippen molar-refractivity contribution in [3.05, 3.63) is 0 Å². The number of carbonyl (C=O) groups excluding carboxylic acids is 1. The first kappa shape index (κ1) is 14.0. The number of carbonyl (C=O) groups is 1. The van der Waals surface area contributed by atoms with Crippen molar-refractivity contribution in [2.45, 2.75) is 58.5 Å². The largest absolute Gasteiger partial charge is 0.301 e. The quantitative estimate of drug-likeness (QED) is 0.769. The second kappa shape index (κ2) is 6.16. The lowest BCUT2D eigenvalue weighted by atomic mass is 9.91. The van der Waals surface area contributed by atoms with Gasteiger partial charge in [0.05, 0.1) is 0 Å². The molecule has 2 heterocycles. The van der Waals surface area contributed by atoms with Crippen LogP contribution in [0.5, 0.6) is 0 Å². The lowest BCUT2D eigenvalue weighted by Gasteiger charge is -2.42. The summed E-state index contributed by atoms with van der Waals surface area (Å²) in [5, 5.41) is 0. The highest BCUT2D eigenvalue weighted by atomic mass is 16.1. The molecular formula is C15H28N2O. The van der Waals surface area contributed by atoms with E-state index in [0.717, 1.165) is 32.0 Å². The van der Waals surface area contributed by atoms with Gasteiger partial charge in [0.2, 0.25) is 0 Å². The summed E-state index contributed by atoms with van der Waals surface area (Å²) < 4.78 is 0. The van der Waals surface area contributed by atoms with Gasteiger partial charge in [-0.25, -0.2) is 0 Å². The van der Waals surface area contributed by atoms with Gasteiger partial charge in [0.25, 0.3) is 0 Å². The first-order chi connectivity index (χ1) is 8.58. The molecule has 18 heavy (non-hydrogen) atoms. The molecule has 0 N–H and O–H groups in total. The SMILES string of the molecule is CC(=O)C1CCN(C2CCN(C(C)C)CC2)CC1. The molecule has 3 nitrogen and oxygen atoms in total. The van der Waals surface area contributed by atoms with E-state index in [1.165, 1.54) is 25.9 Å². The highest BCUT2D eigenvalue weighted by Gasteiger charge is 2.29. The molecule has 0 aliphatic carbocycles. The summed E-state index contributed by atoms with van der Waals surface area (Å²) in [4.78, 5) is 16.6. The van der Waals surface area contributed by atoms with Crippen LogP contribution in [0.25, 0.3) is 0 Å². The summed E-state index contributed by atoms with van der Waals surface area (Å²) in [5.41, 5.74) is 0. The van der Waals surface area contributed by atoms with Crippen LogP contribution in [0.2, 0.25) is 0 Å². The predicted octanol–water partition coefficient (Wildman–Crippen LogP) is 2.16. The smallest absolute Gasteiger partial charge is 0.133 e. The monoisotopic (exact) mass is 252 g/mol. The molecule has 0 aromatic heterocycles. The molecule has 2 aliphatic heterocycles. The maximum Gasteiger partial charge on any atom is 0.133 e. The molecule has 0 saturated carbocycles. The predicted molar refractivity (Wildman–Crippen MR) is 74.7 cm³/mol. The molecule has 0 bridgehead atoms. The van der Waals surface area contributed by atoms with Crippen molar-refractivity contribution in [1.29, 1.82) is 0 Å². The number of Topliss-reactive ketones (excluding diaryl/α,β-unsaturated/α-hetero) is 1. The Morgan fingerprint density at radius 3 is 2.00 bits per heavy atom. The van der Waals surface area contributed by atoms with E-state index in [1.807, 2.05) is 0 Å². The summed E-state index contributed by atoms with van der Waals surface area (Å²) in [6.07, 6.45) is 4.78. The van der Waals surface area contributed by atoms with Gasteiger partial charge in [-0.05, 0) is 72.6 Å². The van der Waals surface area contributed by atoms with Crippen molar-refractivity contribution in [2.75, 3.05) is 26.2 Å². The van der Waals surface area contributed by atoms with Gasteiger partial charge in [-0.15, -0.1) is 0 Å². The highest BCUT2D eigenvalue weighted by molar-refractivity contribution is 5.78. The molecule has 0 aromatic carbocycles. The van der Waals surface area contributed by atoms with Gasteiger partial charge in [0, 0.05) is 18.0 Å². The van der Waals surface area contributed by atoms with Gasteiger partial charge in [-0.2, -0.15) is 0 Å². The zero-order chi connectivity index (χ0) is 13.1. The van der Waals surface area contributed by atoms with Crippen molar-refractivity contribution in [3.63, 3.8) is 0 Å². The maximum absolute atomic E-state index is 11.4. The fourth-order valence-corrected chi connectivity index (χ4v) is 3.44. The molecule has 0 spiro atoms. The molecule has 104 valence electrons. The first-order valence-electron chi connectivity index (χ1n) is 7.56. The number of likely N-dealkylation sites (tertiary alicyclic amines) is 2. The van der Waals surface area contributed by atoms with Crippen LogP contribution in [-0.2, 0) is 4.79 Å². The number of nitrogens with zero attached hydrogens (tertiary/aromatic N) is 2. The Kier molecular flexibility index (Phi) is 4.79. The molecule has 0 radical (unpaired) electrons. The van der Waals surface area contributed by atoms with Gasteiger partial charge in [0.1, 0.15) is 5.78 Å². The highest BCUT2D eigenvalue weighted by Crippen LogP contribution is 2.24. The molecule has 0 amide bonds. The van der Waals surface area contributed by atoms with Crippen molar-refractivity contribution >= 4 is 5.78 Å². The fraction of sp³-hybridized carbons (Fsp3) is 0.933. The number of piperidine rings is 2. The Bertz CT molecular complexity index is 274. The van der Waals surface area contributed by atoms with Crippen LogP contribution in [0, 0.1) is 5.92 Å². The minimum absolute atomic E-state index is 0.344. The van der Waals surface area contributed by atoms with E-state index in [4.69, 9.17) is 0 Å². The van der Waals surface area contributed by atoms with Gasteiger partial charge < -0.3 is 9.80 Å². The maximum atomic E-state index is 11.4. The normalized spacial score (nSPS) is 25.8. The lowest BCUT2D eigenvalue weighted by Crippen LogP contribution is -2.49. The van der Waals surface area contributed by atoms with E-state index in [0.29, 0.717) is 17.7 Å². The van der Waals surface area contributed by atoms with E-state index >= 15 is 0 Å². The topological polar surface area (TPSA) is 23.6 Å². The summed E-state index contributed by atoms with van der Waals surface area (Å²) in [6.45, 7) is 11.1. The van der Waals surface area contributed by atoms with Gasteiger partial charge in [-0.1, -0.05) is 0 Å². The average Bonchev–Trinajstić information content (AvgIpc) is 2.39. The van der Waals surface area contributed by atoms with Crippen molar-refractivity contribution in [1.82, 2.24) is 9.80 Å². The second-order valence-electron chi connectivity index (χ2n) is 6.28. The Labute approximate surface area is 112 Å². The summed E-state index contributed by atoms with van der Waals surface area (Å²) in [7, 11) is 0. The zero-order valence-electron chi connectivity index (χ0n) is 12.2. The first-order valence-corrected chi connectivity index (χ1v) is 7.56. The van der Waals surface area contributed by atoms with Crippen molar-refractivity contribution < 1.29 is 4.79 Å². The third-order valence-electron chi connectivity index (χ3n) is 4.85. The molecule has 2 saturated heterocycles. The lowest BCUT2D eigenvalue weighted by molar-refractivity contribution is -0.122. The van der Waals surface area contributed by atoms with Gasteiger partial charge in [0.15, 0.2) is 0 Å². The number of rotatable bonds is 3. The third-order valence-corrected chi connectivity index (χ3v) is 4.85. The van der Waals surface area contributed by atoms with E-state index in [9.17, 15) is 4.79 Å². The molecule has 2 aliphatic rings. The zero-order valence-corrected chi connectivity index (χ0v) is 12.2. The third kappa shape index (κ3) is 3.33. The molecular weight excluding hydrogens is 224 g/mol. The van der Waals surface area contributed by atoms with Crippen molar-refractivity contribution in [2.24, 2.45) is 5.92 Å². The van der Waals surface area contributed by atoms with Gasteiger partial charge >= 0.3 is 0 Å². The number of hydrogen-bond acceptors (Lipinski definition) is 3. The van der Waals surface area contributed by atoms with Crippen molar-refractivity contribution in [3.8, 4) is 0 Å². The summed E-state index contributed by atoms with van der Waals surface area (Å²) >= 11 is 0. The van der Waals surface area contributed by atoms with E-state index in [2.05, 4.69) is 23.6 Å². The van der Waals surface area contributed by atoms with E-state index in [-0.39, 0.29) is 0 Å². The standard InChI is InChI=1S/C15H28N2O/c1-12(2)16-10-6-15(7-11-16)17-8-4-14(5-9-17)13(3)18/h12,14-15H,4-11H2,1-3H3. The fourth-order valence-electron chi connectivity index (χ4n) is 3.44. The van der Waals surface area contributed by atoms with Crippen LogP contribution >= 0.6 is 0 Å². The molecule has 0 atom stereocenters. The Morgan fingerprint density at radius 1 is 1.00 bits per heavy atom. The second-order valence-corrected chi connectivity index (χ2v) is 6.28. The van der Waals surface area contributed by atoms with Crippen LogP contribution in [0.15, 0.2) is 0 Å². The van der Waals surface area contributed by atoms with Crippen LogP contribution in [0.3, 0.4) is 0 Å². The summed E-state index contributed by atoms with van der Waals surface area (Å²) in [5.74, 6) is 0.737. The van der Waals surface area contributed by atoms with E-state index in [1.54, 1.807) is 6.92 Å². The summed E-state index contributed by atoms with van der Waals surface area (Å²) in [6, 6.07) is 1.46. The van der Waals surface area contributed by atoms with Crippen LogP contribution < -0.4 is 0 Å². The molecule has 0 unspecified atom stereocenters. The van der Waals surface area contributed by atoms with Crippen LogP contribution in [0.1, 0.15) is 46.5 Å². The average molecular weight is 252 g/mol. The molecule has 3 heteroatoms. The Balaban J connectivity index is 1.76. The van der Waals surface area contributed by atoms with E-state index < -0.39 is 0 Å². The van der Waals surface area contributed by atoms with Gasteiger partial charge in [-0.3, -0.25) is 4.79 Å². The minimum atomic E-state index is 0.344.